The quantitative estimate of drug-likeness (QED) is 0.551. The SMILES string of the molecule is CCC(=O)c1cccc(C(F)(F)F)c1F. The van der Waals surface area contributed by atoms with Gasteiger partial charge in [0.1, 0.15) is 5.82 Å². The van der Waals surface area contributed by atoms with Crippen LogP contribution >= 0.6 is 0 Å². The Labute approximate surface area is 83.7 Å². The van der Waals surface area contributed by atoms with E-state index < -0.39 is 28.9 Å². The van der Waals surface area contributed by atoms with Gasteiger partial charge in [-0.25, -0.2) is 4.39 Å². The normalized spacial score (nSPS) is 11.5. The van der Waals surface area contributed by atoms with Crippen LogP contribution in [-0.4, -0.2) is 5.78 Å². The molecule has 0 bridgehead atoms. The van der Waals surface area contributed by atoms with Crippen LogP contribution in [0.3, 0.4) is 0 Å². The summed E-state index contributed by atoms with van der Waals surface area (Å²) in [6.07, 6.45) is -4.80. The fraction of sp³-hybridized carbons (Fsp3) is 0.300. The Morgan fingerprint density at radius 2 is 1.93 bits per heavy atom. The standard InChI is InChI=1S/C10H8F4O/c1-2-8(15)6-4-3-5-7(9(6)11)10(12,13)14/h3-5H,2H2,1H3. The van der Waals surface area contributed by atoms with Crippen LogP contribution in [0.4, 0.5) is 17.6 Å². The molecular formula is C10H8F4O. The van der Waals surface area contributed by atoms with E-state index in [4.69, 9.17) is 0 Å². The lowest BCUT2D eigenvalue weighted by molar-refractivity contribution is -0.140. The summed E-state index contributed by atoms with van der Waals surface area (Å²) in [7, 11) is 0. The van der Waals surface area contributed by atoms with Gasteiger partial charge < -0.3 is 0 Å². The van der Waals surface area contributed by atoms with E-state index in [1.54, 1.807) is 0 Å². The topological polar surface area (TPSA) is 17.1 Å². The summed E-state index contributed by atoms with van der Waals surface area (Å²) in [6.45, 7) is 1.46. The molecule has 0 unspecified atom stereocenters. The maximum atomic E-state index is 13.3. The van der Waals surface area contributed by atoms with Gasteiger partial charge in [0.05, 0.1) is 11.1 Å². The minimum Gasteiger partial charge on any atom is -0.294 e. The van der Waals surface area contributed by atoms with Crippen molar-refractivity contribution in [2.75, 3.05) is 0 Å². The van der Waals surface area contributed by atoms with Gasteiger partial charge in [-0.05, 0) is 12.1 Å². The number of halogens is 4. The molecule has 0 saturated carbocycles. The molecule has 0 heterocycles. The second-order valence-corrected chi connectivity index (χ2v) is 2.94. The van der Waals surface area contributed by atoms with Gasteiger partial charge in [0, 0.05) is 6.42 Å². The molecule has 1 aromatic rings. The molecule has 1 rings (SSSR count). The van der Waals surface area contributed by atoms with Crippen molar-refractivity contribution in [2.45, 2.75) is 19.5 Å². The third-order valence-electron chi connectivity index (χ3n) is 1.93. The van der Waals surface area contributed by atoms with Crippen molar-refractivity contribution in [3.8, 4) is 0 Å². The molecule has 5 heteroatoms. The molecule has 0 atom stereocenters. The molecule has 0 saturated heterocycles. The Balaban J connectivity index is 3.30. The molecule has 0 aromatic heterocycles. The Hall–Kier alpha value is -1.39. The first kappa shape index (κ1) is 11.7. The largest absolute Gasteiger partial charge is 0.419 e. The molecule has 82 valence electrons. The predicted molar refractivity (Wildman–Crippen MR) is 46.0 cm³/mol. The van der Waals surface area contributed by atoms with Crippen molar-refractivity contribution in [3.63, 3.8) is 0 Å². The van der Waals surface area contributed by atoms with E-state index in [2.05, 4.69) is 0 Å². The van der Waals surface area contributed by atoms with E-state index in [-0.39, 0.29) is 6.42 Å². The minimum absolute atomic E-state index is 0.0295. The van der Waals surface area contributed by atoms with Crippen molar-refractivity contribution in [1.29, 1.82) is 0 Å². The zero-order valence-corrected chi connectivity index (χ0v) is 7.86. The first-order valence-electron chi connectivity index (χ1n) is 4.26. The monoisotopic (exact) mass is 220 g/mol. The second-order valence-electron chi connectivity index (χ2n) is 2.94. The van der Waals surface area contributed by atoms with Crippen molar-refractivity contribution in [2.24, 2.45) is 0 Å². The van der Waals surface area contributed by atoms with E-state index in [1.807, 2.05) is 0 Å². The highest BCUT2D eigenvalue weighted by Crippen LogP contribution is 2.32. The Morgan fingerprint density at radius 3 is 2.40 bits per heavy atom. The second kappa shape index (κ2) is 4.00. The van der Waals surface area contributed by atoms with Gasteiger partial charge in [-0.2, -0.15) is 13.2 Å². The van der Waals surface area contributed by atoms with Gasteiger partial charge in [0.15, 0.2) is 5.78 Å². The lowest BCUT2D eigenvalue weighted by atomic mass is 10.0. The molecular weight excluding hydrogens is 212 g/mol. The fourth-order valence-electron chi connectivity index (χ4n) is 1.16. The van der Waals surface area contributed by atoms with Crippen LogP contribution in [0, 0.1) is 5.82 Å². The van der Waals surface area contributed by atoms with Gasteiger partial charge in [-0.1, -0.05) is 13.0 Å². The lowest BCUT2D eigenvalue weighted by Gasteiger charge is -2.09. The Morgan fingerprint density at radius 1 is 1.33 bits per heavy atom. The lowest BCUT2D eigenvalue weighted by Crippen LogP contribution is -2.12. The van der Waals surface area contributed by atoms with E-state index in [9.17, 15) is 22.4 Å². The number of Topliss-reactive ketones (excluding diaryl/α,β-unsaturated/α-hetero) is 1. The maximum absolute atomic E-state index is 13.3. The first-order chi connectivity index (χ1) is 6.88. The van der Waals surface area contributed by atoms with Gasteiger partial charge in [-0.3, -0.25) is 4.79 Å². The molecule has 0 aliphatic rings. The predicted octanol–water partition coefficient (Wildman–Crippen LogP) is 3.44. The van der Waals surface area contributed by atoms with Crippen LogP contribution in [0.15, 0.2) is 18.2 Å². The van der Waals surface area contributed by atoms with E-state index in [1.165, 1.54) is 6.92 Å². The number of ketones is 1. The van der Waals surface area contributed by atoms with Crippen LogP contribution in [-0.2, 0) is 6.18 Å². The number of alkyl halides is 3. The molecule has 0 fully saturated rings. The average molecular weight is 220 g/mol. The van der Waals surface area contributed by atoms with Gasteiger partial charge in [-0.15, -0.1) is 0 Å². The number of rotatable bonds is 2. The smallest absolute Gasteiger partial charge is 0.294 e. The first-order valence-corrected chi connectivity index (χ1v) is 4.26. The van der Waals surface area contributed by atoms with Gasteiger partial charge in [0.2, 0.25) is 0 Å². The summed E-state index contributed by atoms with van der Waals surface area (Å²) in [6, 6.07) is 2.69. The molecule has 0 amide bonds. The zero-order chi connectivity index (χ0) is 11.6. The summed E-state index contributed by atoms with van der Waals surface area (Å²) in [5, 5.41) is 0. The van der Waals surface area contributed by atoms with Gasteiger partial charge in [0.25, 0.3) is 0 Å². The van der Waals surface area contributed by atoms with Crippen LogP contribution in [0.25, 0.3) is 0 Å². The van der Waals surface area contributed by atoms with E-state index >= 15 is 0 Å². The summed E-state index contributed by atoms with van der Waals surface area (Å²) < 4.78 is 50.0. The fourth-order valence-corrected chi connectivity index (χ4v) is 1.16. The third kappa shape index (κ3) is 2.34. The van der Waals surface area contributed by atoms with Crippen LogP contribution < -0.4 is 0 Å². The number of carbonyl (C=O) groups excluding carboxylic acids is 1. The highest BCUT2D eigenvalue weighted by atomic mass is 19.4. The number of hydrogen-bond acceptors (Lipinski definition) is 1. The highest BCUT2D eigenvalue weighted by Gasteiger charge is 2.35. The molecule has 0 radical (unpaired) electrons. The summed E-state index contributed by atoms with van der Waals surface area (Å²) >= 11 is 0. The van der Waals surface area contributed by atoms with Crippen molar-refractivity contribution in [3.05, 3.63) is 35.1 Å². The van der Waals surface area contributed by atoms with E-state index in [0.717, 1.165) is 12.1 Å². The molecule has 1 aromatic carbocycles. The number of carbonyl (C=O) groups is 1. The Bertz CT molecular complexity index is 381. The maximum Gasteiger partial charge on any atom is 0.419 e. The molecule has 0 spiro atoms. The van der Waals surface area contributed by atoms with Crippen LogP contribution in [0.5, 0.6) is 0 Å². The third-order valence-corrected chi connectivity index (χ3v) is 1.93. The average Bonchev–Trinajstić information content (AvgIpc) is 2.15. The number of benzene rings is 1. The zero-order valence-electron chi connectivity index (χ0n) is 7.86. The van der Waals surface area contributed by atoms with Crippen molar-refractivity contribution in [1.82, 2.24) is 0 Å². The van der Waals surface area contributed by atoms with Crippen molar-refractivity contribution >= 4 is 5.78 Å². The number of hydrogen-bond donors (Lipinski definition) is 0. The summed E-state index contributed by atoms with van der Waals surface area (Å²) in [4.78, 5) is 11.1. The minimum atomic E-state index is -4.77. The summed E-state index contributed by atoms with van der Waals surface area (Å²) in [5.41, 5.74) is -1.91. The van der Waals surface area contributed by atoms with Crippen LogP contribution in [0.1, 0.15) is 29.3 Å². The Kier molecular flexibility index (Phi) is 3.12. The van der Waals surface area contributed by atoms with Gasteiger partial charge >= 0.3 is 6.18 Å². The molecule has 1 nitrogen and oxygen atoms in total. The summed E-state index contributed by atoms with van der Waals surface area (Å²) in [5.74, 6) is -2.13. The molecule has 0 aliphatic heterocycles. The van der Waals surface area contributed by atoms with E-state index in [0.29, 0.717) is 6.07 Å². The molecule has 15 heavy (non-hydrogen) atoms. The van der Waals surface area contributed by atoms with Crippen LogP contribution in [0.2, 0.25) is 0 Å². The molecule has 0 aliphatic carbocycles. The van der Waals surface area contributed by atoms with Crippen molar-refractivity contribution < 1.29 is 22.4 Å². The molecule has 0 N–H and O–H groups in total. The highest BCUT2D eigenvalue weighted by molar-refractivity contribution is 5.96.